The van der Waals surface area contributed by atoms with Crippen LogP contribution in [0.1, 0.15) is 39.8 Å². The van der Waals surface area contributed by atoms with Crippen LogP contribution in [0.25, 0.3) is 0 Å². The minimum absolute atomic E-state index is 0.0858. The van der Waals surface area contributed by atoms with Gasteiger partial charge in [-0.05, 0) is 29.7 Å². The first-order valence-corrected chi connectivity index (χ1v) is 9.86. The van der Waals surface area contributed by atoms with Gasteiger partial charge >= 0.3 is 5.97 Å². The molecule has 1 aliphatic rings. The molecule has 5 heteroatoms. The van der Waals surface area contributed by atoms with Gasteiger partial charge in [-0.15, -0.1) is 0 Å². The molecule has 148 valence electrons. The molecule has 0 radical (unpaired) electrons. The number of aromatic nitrogens is 1. The summed E-state index contributed by atoms with van der Waals surface area (Å²) in [6, 6.07) is 25.7. The van der Waals surface area contributed by atoms with Crippen LogP contribution in [0.5, 0.6) is 0 Å². The van der Waals surface area contributed by atoms with Gasteiger partial charge in [-0.2, -0.15) is 0 Å². The highest BCUT2D eigenvalue weighted by Crippen LogP contribution is 2.29. The molecule has 3 aromatic rings. The van der Waals surface area contributed by atoms with Crippen LogP contribution in [0.15, 0.2) is 78.9 Å². The molecule has 2 heterocycles. The molecule has 0 amide bonds. The number of hydrogen-bond donors (Lipinski definition) is 1. The van der Waals surface area contributed by atoms with Crippen LogP contribution in [0.3, 0.4) is 0 Å². The number of pyridine rings is 1. The van der Waals surface area contributed by atoms with E-state index in [9.17, 15) is 4.79 Å². The highest BCUT2D eigenvalue weighted by atomic mass is 16.5. The van der Waals surface area contributed by atoms with Crippen molar-refractivity contribution in [1.29, 1.82) is 0 Å². The van der Waals surface area contributed by atoms with E-state index in [-0.39, 0.29) is 17.9 Å². The molecule has 1 atom stereocenters. The van der Waals surface area contributed by atoms with E-state index < -0.39 is 5.97 Å². The van der Waals surface area contributed by atoms with Crippen LogP contribution in [-0.2, 0) is 11.3 Å². The van der Waals surface area contributed by atoms with Crippen LogP contribution in [0.2, 0.25) is 0 Å². The Balaban J connectivity index is 1.44. The molecule has 0 spiro atoms. The van der Waals surface area contributed by atoms with Gasteiger partial charge in [0.25, 0.3) is 0 Å². The predicted octanol–water partition coefficient (Wildman–Crippen LogP) is 4.16. The monoisotopic (exact) mass is 388 g/mol. The zero-order valence-electron chi connectivity index (χ0n) is 16.1. The van der Waals surface area contributed by atoms with Crippen molar-refractivity contribution in [2.24, 2.45) is 0 Å². The molecular formula is C24H24N2O3. The van der Waals surface area contributed by atoms with E-state index in [2.05, 4.69) is 34.1 Å². The second-order valence-corrected chi connectivity index (χ2v) is 7.30. The third-order valence-corrected chi connectivity index (χ3v) is 5.17. The van der Waals surface area contributed by atoms with Crippen molar-refractivity contribution in [3.8, 4) is 0 Å². The quantitative estimate of drug-likeness (QED) is 0.658. The number of ether oxygens (including phenoxy) is 1. The van der Waals surface area contributed by atoms with Crippen molar-refractivity contribution in [2.45, 2.75) is 25.2 Å². The van der Waals surface area contributed by atoms with Gasteiger partial charge in [-0.1, -0.05) is 66.7 Å². The number of carboxylic acids is 1. The topological polar surface area (TPSA) is 62.7 Å². The van der Waals surface area contributed by atoms with Crippen molar-refractivity contribution < 1.29 is 14.6 Å². The van der Waals surface area contributed by atoms with E-state index in [1.54, 1.807) is 6.07 Å². The molecule has 5 nitrogen and oxygen atoms in total. The first-order chi connectivity index (χ1) is 14.2. The SMILES string of the molecule is O=C(O)c1cccc(CN2CC[C@H](OC(c3ccccc3)c3ccccc3)C2)n1. The van der Waals surface area contributed by atoms with E-state index >= 15 is 0 Å². The fourth-order valence-corrected chi connectivity index (χ4v) is 3.77. The molecule has 0 saturated carbocycles. The van der Waals surface area contributed by atoms with Crippen molar-refractivity contribution >= 4 is 5.97 Å². The van der Waals surface area contributed by atoms with Crippen LogP contribution in [-0.4, -0.2) is 40.2 Å². The molecule has 29 heavy (non-hydrogen) atoms. The Morgan fingerprint density at radius 1 is 1.00 bits per heavy atom. The minimum atomic E-state index is -0.997. The smallest absolute Gasteiger partial charge is 0.354 e. The number of carbonyl (C=O) groups is 1. The second-order valence-electron chi connectivity index (χ2n) is 7.30. The highest BCUT2D eigenvalue weighted by molar-refractivity contribution is 5.85. The maximum Gasteiger partial charge on any atom is 0.354 e. The van der Waals surface area contributed by atoms with Gasteiger partial charge in [0.1, 0.15) is 11.8 Å². The number of hydrogen-bond acceptors (Lipinski definition) is 4. The summed E-state index contributed by atoms with van der Waals surface area (Å²) in [5, 5.41) is 9.13. The lowest BCUT2D eigenvalue weighted by molar-refractivity contribution is 0.0138. The third-order valence-electron chi connectivity index (χ3n) is 5.17. The fraction of sp³-hybridized carbons (Fsp3) is 0.250. The average molecular weight is 388 g/mol. The largest absolute Gasteiger partial charge is 0.477 e. The zero-order valence-corrected chi connectivity index (χ0v) is 16.1. The average Bonchev–Trinajstić information content (AvgIpc) is 3.20. The van der Waals surface area contributed by atoms with Crippen LogP contribution in [0.4, 0.5) is 0 Å². The maximum absolute atomic E-state index is 11.1. The van der Waals surface area contributed by atoms with E-state index in [1.807, 2.05) is 42.5 Å². The number of nitrogens with zero attached hydrogens (tertiary/aromatic N) is 2. The minimum Gasteiger partial charge on any atom is -0.477 e. The predicted molar refractivity (Wildman–Crippen MR) is 111 cm³/mol. The summed E-state index contributed by atoms with van der Waals surface area (Å²) in [6.45, 7) is 2.33. The third kappa shape index (κ3) is 4.88. The lowest BCUT2D eigenvalue weighted by Crippen LogP contribution is -2.25. The molecule has 1 fully saturated rings. The molecule has 1 aromatic heterocycles. The molecule has 0 bridgehead atoms. The Morgan fingerprint density at radius 2 is 1.66 bits per heavy atom. The van der Waals surface area contributed by atoms with Crippen molar-refractivity contribution in [1.82, 2.24) is 9.88 Å². The van der Waals surface area contributed by atoms with Gasteiger partial charge in [0.05, 0.1) is 11.8 Å². The van der Waals surface area contributed by atoms with Gasteiger partial charge in [0.15, 0.2) is 0 Å². The molecule has 2 aromatic carbocycles. The first kappa shape index (κ1) is 19.3. The van der Waals surface area contributed by atoms with Crippen LogP contribution in [0, 0.1) is 0 Å². The summed E-state index contributed by atoms with van der Waals surface area (Å²) >= 11 is 0. The molecule has 1 N–H and O–H groups in total. The number of aromatic carboxylic acids is 1. The summed E-state index contributed by atoms with van der Waals surface area (Å²) in [5.41, 5.74) is 3.15. The molecular weight excluding hydrogens is 364 g/mol. The Bertz CT molecular complexity index is 907. The molecule has 0 aliphatic carbocycles. The highest BCUT2D eigenvalue weighted by Gasteiger charge is 2.27. The van der Waals surface area contributed by atoms with E-state index in [0.717, 1.165) is 36.3 Å². The van der Waals surface area contributed by atoms with Gasteiger partial charge in [0.2, 0.25) is 0 Å². The number of likely N-dealkylation sites (tertiary alicyclic amines) is 1. The van der Waals surface area contributed by atoms with Crippen LogP contribution < -0.4 is 0 Å². The lowest BCUT2D eigenvalue weighted by atomic mass is 10.0. The summed E-state index contributed by atoms with van der Waals surface area (Å²) < 4.78 is 6.56. The summed E-state index contributed by atoms with van der Waals surface area (Å²) in [7, 11) is 0. The van der Waals surface area contributed by atoms with Gasteiger partial charge < -0.3 is 9.84 Å². The summed E-state index contributed by atoms with van der Waals surface area (Å²) in [4.78, 5) is 17.6. The Hall–Kier alpha value is -3.02. The fourth-order valence-electron chi connectivity index (χ4n) is 3.77. The van der Waals surface area contributed by atoms with Gasteiger partial charge in [-0.25, -0.2) is 9.78 Å². The summed E-state index contributed by atoms with van der Waals surface area (Å²) in [5.74, 6) is -0.997. The van der Waals surface area contributed by atoms with Crippen molar-refractivity contribution in [2.75, 3.05) is 13.1 Å². The number of rotatable bonds is 7. The standard InChI is InChI=1S/C24H24N2O3/c27-24(28)22-13-7-12-20(25-22)16-26-15-14-21(17-26)29-23(18-8-3-1-4-9-18)19-10-5-2-6-11-19/h1-13,21,23H,14-17H2,(H,27,28)/t21-/m0/s1. The van der Waals surface area contributed by atoms with E-state index in [0.29, 0.717) is 6.54 Å². The Kier molecular flexibility index (Phi) is 5.98. The number of benzene rings is 2. The zero-order chi connectivity index (χ0) is 20.1. The summed E-state index contributed by atoms with van der Waals surface area (Å²) in [6.07, 6.45) is 0.952. The normalized spacial score (nSPS) is 16.9. The Morgan fingerprint density at radius 3 is 2.28 bits per heavy atom. The number of carboxylic acid groups (broad SMARTS) is 1. The molecule has 1 aliphatic heterocycles. The first-order valence-electron chi connectivity index (χ1n) is 9.86. The molecule has 1 saturated heterocycles. The van der Waals surface area contributed by atoms with Crippen molar-refractivity contribution in [3.05, 3.63) is 101 Å². The van der Waals surface area contributed by atoms with Gasteiger partial charge in [0, 0.05) is 19.6 Å². The Labute approximate surface area is 170 Å². The van der Waals surface area contributed by atoms with Gasteiger partial charge in [-0.3, -0.25) is 4.90 Å². The molecule has 0 unspecified atom stereocenters. The second kappa shape index (κ2) is 8.99. The maximum atomic E-state index is 11.1. The molecule has 4 rings (SSSR count). The van der Waals surface area contributed by atoms with E-state index in [4.69, 9.17) is 9.84 Å². The van der Waals surface area contributed by atoms with Crippen LogP contribution >= 0.6 is 0 Å². The van der Waals surface area contributed by atoms with Crippen molar-refractivity contribution in [3.63, 3.8) is 0 Å². The van der Waals surface area contributed by atoms with E-state index in [1.165, 1.54) is 6.07 Å². The lowest BCUT2D eigenvalue weighted by Gasteiger charge is -2.23.